The van der Waals surface area contributed by atoms with E-state index in [0.29, 0.717) is 38.0 Å². The van der Waals surface area contributed by atoms with E-state index in [0.717, 1.165) is 29.9 Å². The summed E-state index contributed by atoms with van der Waals surface area (Å²) in [5, 5.41) is 13.8. The highest BCUT2D eigenvalue weighted by Gasteiger charge is 2.40. The minimum atomic E-state index is -0.542. The predicted molar refractivity (Wildman–Crippen MR) is 76.7 cm³/mol. The molecule has 21 heavy (non-hydrogen) atoms. The second-order valence-electron chi connectivity index (χ2n) is 6.04. The highest BCUT2D eigenvalue weighted by Crippen LogP contribution is 2.35. The first-order valence-electron chi connectivity index (χ1n) is 7.76. The summed E-state index contributed by atoms with van der Waals surface area (Å²) < 4.78 is 16.9. The molecule has 0 spiro atoms. The number of benzene rings is 1. The number of hydrogen-bond donors (Lipinski definition) is 2. The van der Waals surface area contributed by atoms with Crippen LogP contribution in [0.15, 0.2) is 18.2 Å². The Bertz CT molecular complexity index is 521. The fourth-order valence-electron chi connectivity index (χ4n) is 3.50. The fraction of sp³-hybridized carbons (Fsp3) is 0.625. The third-order valence-electron chi connectivity index (χ3n) is 4.63. The molecule has 1 aromatic carbocycles. The maximum absolute atomic E-state index is 10.4. The molecule has 3 heterocycles. The minimum Gasteiger partial charge on any atom is -0.486 e. The molecule has 0 saturated carbocycles. The Morgan fingerprint density at radius 2 is 2.05 bits per heavy atom. The number of rotatable bonds is 4. The van der Waals surface area contributed by atoms with Crippen molar-refractivity contribution >= 4 is 0 Å². The zero-order chi connectivity index (χ0) is 14.2. The molecule has 2 fully saturated rings. The van der Waals surface area contributed by atoms with Crippen molar-refractivity contribution in [3.8, 4) is 11.5 Å². The highest BCUT2D eigenvalue weighted by molar-refractivity contribution is 5.44. The van der Waals surface area contributed by atoms with E-state index in [1.807, 2.05) is 18.2 Å². The number of nitrogens with one attached hydrogen (secondary N) is 1. The van der Waals surface area contributed by atoms with E-state index in [1.165, 1.54) is 6.42 Å². The molecule has 4 unspecified atom stereocenters. The molecule has 5 nitrogen and oxygen atoms in total. The SMILES string of the molecule is OC(CNC1CC2CCC1O2)c1ccc2c(c1)OCCO2. The van der Waals surface area contributed by atoms with Crippen molar-refractivity contribution in [2.24, 2.45) is 0 Å². The standard InChI is InChI=1S/C16H21NO4/c18-13(9-17-12-8-11-2-4-14(12)21-11)10-1-3-15-16(7-10)20-6-5-19-15/h1,3,7,11-14,17-18H,2,4-6,8-9H2. The van der Waals surface area contributed by atoms with Gasteiger partial charge in [-0.2, -0.15) is 0 Å². The molecule has 2 bridgehead atoms. The first-order chi connectivity index (χ1) is 10.3. The van der Waals surface area contributed by atoms with E-state index in [2.05, 4.69) is 5.32 Å². The molecule has 0 aromatic heterocycles. The van der Waals surface area contributed by atoms with Crippen molar-refractivity contribution in [1.82, 2.24) is 5.32 Å². The first-order valence-corrected chi connectivity index (χ1v) is 7.76. The quantitative estimate of drug-likeness (QED) is 0.878. The van der Waals surface area contributed by atoms with E-state index in [1.54, 1.807) is 0 Å². The molecule has 3 aliphatic heterocycles. The zero-order valence-corrected chi connectivity index (χ0v) is 12.0. The molecule has 4 rings (SSSR count). The molecule has 5 heteroatoms. The lowest BCUT2D eigenvalue weighted by Gasteiger charge is -2.23. The lowest BCUT2D eigenvalue weighted by atomic mass is 9.95. The van der Waals surface area contributed by atoms with Gasteiger partial charge in [0.05, 0.1) is 18.3 Å². The lowest BCUT2D eigenvalue weighted by Crippen LogP contribution is -2.39. The minimum absolute atomic E-state index is 0.336. The lowest BCUT2D eigenvalue weighted by molar-refractivity contribution is 0.0942. The van der Waals surface area contributed by atoms with Crippen LogP contribution >= 0.6 is 0 Å². The van der Waals surface area contributed by atoms with Gasteiger partial charge in [-0.25, -0.2) is 0 Å². The Morgan fingerprint density at radius 3 is 2.81 bits per heavy atom. The summed E-state index contributed by atoms with van der Waals surface area (Å²) in [6.07, 6.45) is 3.62. The Morgan fingerprint density at radius 1 is 1.19 bits per heavy atom. The van der Waals surface area contributed by atoms with Gasteiger partial charge in [-0.15, -0.1) is 0 Å². The van der Waals surface area contributed by atoms with Gasteiger partial charge in [-0.3, -0.25) is 0 Å². The molecule has 0 radical (unpaired) electrons. The third kappa shape index (κ3) is 2.61. The summed E-state index contributed by atoms with van der Waals surface area (Å²) in [6, 6.07) is 6.03. The molecular weight excluding hydrogens is 270 g/mol. The van der Waals surface area contributed by atoms with Crippen LogP contribution in [0.2, 0.25) is 0 Å². The Kier molecular flexibility index (Phi) is 3.49. The van der Waals surface area contributed by atoms with E-state index in [4.69, 9.17) is 14.2 Å². The molecule has 4 atom stereocenters. The molecular formula is C16H21NO4. The van der Waals surface area contributed by atoms with Gasteiger partial charge in [0.2, 0.25) is 0 Å². The van der Waals surface area contributed by atoms with Gasteiger partial charge >= 0.3 is 0 Å². The van der Waals surface area contributed by atoms with Gasteiger partial charge in [0.1, 0.15) is 13.2 Å². The summed E-state index contributed by atoms with van der Waals surface area (Å²) in [7, 11) is 0. The number of hydrogen-bond acceptors (Lipinski definition) is 5. The molecule has 0 amide bonds. The Hall–Kier alpha value is -1.30. The molecule has 0 aliphatic carbocycles. The predicted octanol–water partition coefficient (Wildman–Crippen LogP) is 1.40. The van der Waals surface area contributed by atoms with Gasteiger partial charge in [0, 0.05) is 12.6 Å². The third-order valence-corrected chi connectivity index (χ3v) is 4.63. The largest absolute Gasteiger partial charge is 0.486 e. The average Bonchev–Trinajstić information content (AvgIpc) is 3.15. The second-order valence-corrected chi connectivity index (χ2v) is 6.04. The number of aliphatic hydroxyl groups excluding tert-OH is 1. The van der Waals surface area contributed by atoms with Gasteiger partial charge in [0.15, 0.2) is 11.5 Å². The molecule has 3 aliphatic rings. The van der Waals surface area contributed by atoms with Crippen LogP contribution < -0.4 is 14.8 Å². The van der Waals surface area contributed by atoms with Gasteiger partial charge in [-0.1, -0.05) is 6.07 Å². The van der Waals surface area contributed by atoms with Gasteiger partial charge in [0.25, 0.3) is 0 Å². The summed E-state index contributed by atoms with van der Waals surface area (Å²) >= 11 is 0. The van der Waals surface area contributed by atoms with Crippen LogP contribution in [-0.2, 0) is 4.74 Å². The molecule has 114 valence electrons. The fourth-order valence-corrected chi connectivity index (χ4v) is 3.50. The average molecular weight is 291 g/mol. The number of fused-ring (bicyclic) bond motifs is 3. The second kappa shape index (κ2) is 5.48. The van der Waals surface area contributed by atoms with Crippen LogP contribution in [0.3, 0.4) is 0 Å². The van der Waals surface area contributed by atoms with Crippen LogP contribution in [-0.4, -0.2) is 43.1 Å². The van der Waals surface area contributed by atoms with Crippen molar-refractivity contribution in [3.63, 3.8) is 0 Å². The van der Waals surface area contributed by atoms with E-state index in [-0.39, 0.29) is 0 Å². The van der Waals surface area contributed by atoms with Gasteiger partial charge < -0.3 is 24.6 Å². The number of ether oxygens (including phenoxy) is 3. The topological polar surface area (TPSA) is 60.0 Å². The summed E-state index contributed by atoms with van der Waals surface area (Å²) in [5.41, 5.74) is 0.857. The van der Waals surface area contributed by atoms with Crippen molar-refractivity contribution in [1.29, 1.82) is 0 Å². The summed E-state index contributed by atoms with van der Waals surface area (Å²) in [6.45, 7) is 1.69. The summed E-state index contributed by atoms with van der Waals surface area (Å²) in [4.78, 5) is 0. The van der Waals surface area contributed by atoms with Crippen LogP contribution in [0.1, 0.15) is 30.9 Å². The molecule has 2 N–H and O–H groups in total. The van der Waals surface area contributed by atoms with Crippen molar-refractivity contribution in [2.75, 3.05) is 19.8 Å². The van der Waals surface area contributed by atoms with Crippen molar-refractivity contribution < 1.29 is 19.3 Å². The van der Waals surface area contributed by atoms with E-state index in [9.17, 15) is 5.11 Å². The maximum atomic E-state index is 10.4. The van der Waals surface area contributed by atoms with Crippen molar-refractivity contribution in [3.05, 3.63) is 23.8 Å². The van der Waals surface area contributed by atoms with E-state index < -0.39 is 6.10 Å². The normalized spacial score (nSPS) is 31.4. The zero-order valence-electron chi connectivity index (χ0n) is 12.0. The smallest absolute Gasteiger partial charge is 0.161 e. The Labute approximate surface area is 124 Å². The summed E-state index contributed by atoms with van der Waals surface area (Å²) in [5.74, 6) is 1.48. The first kappa shape index (κ1) is 13.4. The number of aliphatic hydroxyl groups is 1. The highest BCUT2D eigenvalue weighted by atomic mass is 16.6. The van der Waals surface area contributed by atoms with Crippen LogP contribution in [0, 0.1) is 0 Å². The monoisotopic (exact) mass is 291 g/mol. The molecule has 1 aromatic rings. The molecule has 2 saturated heterocycles. The Balaban J connectivity index is 1.37. The van der Waals surface area contributed by atoms with Gasteiger partial charge in [-0.05, 0) is 37.0 Å². The van der Waals surface area contributed by atoms with E-state index >= 15 is 0 Å². The van der Waals surface area contributed by atoms with Crippen LogP contribution in [0.5, 0.6) is 11.5 Å². The van der Waals surface area contributed by atoms with Crippen molar-refractivity contribution in [2.45, 2.75) is 43.6 Å². The van der Waals surface area contributed by atoms with Crippen LogP contribution in [0.4, 0.5) is 0 Å². The van der Waals surface area contributed by atoms with Crippen LogP contribution in [0.25, 0.3) is 0 Å². The maximum Gasteiger partial charge on any atom is 0.161 e.